The number of hydrogen-bond donors (Lipinski definition) is 1. The highest BCUT2D eigenvalue weighted by molar-refractivity contribution is 5.87. The molecular weight excluding hydrogens is 298 g/mol. The van der Waals surface area contributed by atoms with E-state index in [1.165, 1.54) is 16.7 Å². The Labute approximate surface area is 142 Å². The number of rotatable bonds is 2. The number of pyridine rings is 1. The Morgan fingerprint density at radius 2 is 2.00 bits per heavy atom. The molecule has 1 aromatic heterocycles. The molecule has 1 unspecified atom stereocenters. The highest BCUT2D eigenvalue weighted by atomic mass is 16.2. The zero-order valence-corrected chi connectivity index (χ0v) is 13.9. The van der Waals surface area contributed by atoms with Crippen LogP contribution in [0.5, 0.6) is 0 Å². The van der Waals surface area contributed by atoms with E-state index in [4.69, 9.17) is 0 Å². The van der Waals surface area contributed by atoms with E-state index in [-0.39, 0.29) is 5.91 Å². The molecule has 2 aromatic rings. The molecule has 0 aliphatic carbocycles. The Bertz CT molecular complexity index is 731. The van der Waals surface area contributed by atoms with Gasteiger partial charge in [-0.05, 0) is 48.6 Å². The Kier molecular flexibility index (Phi) is 4.07. The third-order valence-corrected chi connectivity index (χ3v) is 5.43. The molecule has 1 aromatic carbocycles. The smallest absolute Gasteiger partial charge is 0.241 e. The van der Waals surface area contributed by atoms with E-state index in [9.17, 15) is 4.79 Å². The molecule has 4 heteroatoms. The number of fused-ring (bicyclic) bond motifs is 1. The van der Waals surface area contributed by atoms with E-state index in [0.29, 0.717) is 6.54 Å². The summed E-state index contributed by atoms with van der Waals surface area (Å²) >= 11 is 0. The van der Waals surface area contributed by atoms with Crippen molar-refractivity contribution in [3.05, 3.63) is 65.5 Å². The zero-order valence-electron chi connectivity index (χ0n) is 13.9. The van der Waals surface area contributed by atoms with Crippen LogP contribution in [0.3, 0.4) is 0 Å². The lowest BCUT2D eigenvalue weighted by atomic mass is 9.80. The van der Waals surface area contributed by atoms with Crippen LogP contribution in [0.2, 0.25) is 0 Å². The lowest BCUT2D eigenvalue weighted by Gasteiger charge is -2.45. The zero-order chi connectivity index (χ0) is 16.4. The molecule has 24 heavy (non-hydrogen) atoms. The summed E-state index contributed by atoms with van der Waals surface area (Å²) in [6, 6.07) is 12.5. The third kappa shape index (κ3) is 2.71. The van der Waals surface area contributed by atoms with E-state index in [2.05, 4.69) is 45.5 Å². The van der Waals surface area contributed by atoms with Gasteiger partial charge in [0.25, 0.3) is 0 Å². The second-order valence-electron chi connectivity index (χ2n) is 6.90. The van der Waals surface area contributed by atoms with Gasteiger partial charge in [0.2, 0.25) is 5.91 Å². The van der Waals surface area contributed by atoms with Crippen molar-refractivity contribution in [2.75, 3.05) is 6.54 Å². The van der Waals surface area contributed by atoms with Crippen LogP contribution in [-0.4, -0.2) is 27.9 Å². The number of carbonyl (C=O) groups is 1. The van der Waals surface area contributed by atoms with Crippen LogP contribution in [0.15, 0.2) is 48.8 Å². The van der Waals surface area contributed by atoms with Gasteiger partial charge >= 0.3 is 0 Å². The number of nitrogens with zero attached hydrogens (tertiary/aromatic N) is 2. The second kappa shape index (κ2) is 6.36. The Morgan fingerprint density at radius 1 is 1.12 bits per heavy atom. The molecule has 2 aliphatic heterocycles. The largest absolute Gasteiger partial charge is 0.350 e. The Morgan fingerprint density at radius 3 is 2.83 bits per heavy atom. The highest BCUT2D eigenvalue weighted by Crippen LogP contribution is 2.35. The summed E-state index contributed by atoms with van der Waals surface area (Å²) < 4.78 is 0. The first kappa shape index (κ1) is 15.3. The summed E-state index contributed by atoms with van der Waals surface area (Å²) in [5, 5.41) is 3.18. The van der Waals surface area contributed by atoms with Crippen molar-refractivity contribution in [2.45, 2.75) is 44.3 Å². The number of carbonyl (C=O) groups excluding carboxylic acids is 1. The molecule has 1 atom stereocenters. The molecule has 1 amide bonds. The van der Waals surface area contributed by atoms with Crippen molar-refractivity contribution >= 4 is 5.91 Å². The molecular formula is C20H23N3O. The minimum Gasteiger partial charge on any atom is -0.350 e. The van der Waals surface area contributed by atoms with Crippen LogP contribution >= 0.6 is 0 Å². The molecule has 0 radical (unpaired) electrons. The summed E-state index contributed by atoms with van der Waals surface area (Å²) in [7, 11) is 0. The average molecular weight is 321 g/mol. The van der Waals surface area contributed by atoms with E-state index in [1.807, 2.05) is 12.3 Å². The minimum atomic E-state index is -0.430. The lowest BCUT2D eigenvalue weighted by molar-refractivity contribution is -0.136. The molecule has 4 nitrogen and oxygen atoms in total. The fraction of sp³-hybridized carbons (Fsp3) is 0.400. The fourth-order valence-corrected chi connectivity index (χ4v) is 4.13. The van der Waals surface area contributed by atoms with Crippen LogP contribution in [-0.2, 0) is 24.3 Å². The van der Waals surface area contributed by atoms with Gasteiger partial charge in [-0.15, -0.1) is 0 Å². The maximum atomic E-state index is 13.1. The molecule has 1 spiro atoms. The number of likely N-dealkylation sites (tertiary alicyclic amines) is 1. The normalized spacial score (nSPS) is 24.2. The van der Waals surface area contributed by atoms with Gasteiger partial charge < -0.3 is 5.32 Å². The van der Waals surface area contributed by atoms with Gasteiger partial charge in [0.05, 0.1) is 0 Å². The molecule has 2 aliphatic rings. The first-order valence-corrected chi connectivity index (χ1v) is 8.77. The second-order valence-corrected chi connectivity index (χ2v) is 6.90. The number of aromatic nitrogens is 1. The Balaban J connectivity index is 1.70. The number of amides is 1. The molecule has 0 bridgehead atoms. The van der Waals surface area contributed by atoms with Crippen molar-refractivity contribution in [2.24, 2.45) is 0 Å². The predicted octanol–water partition coefficient (Wildman–Crippen LogP) is 2.68. The van der Waals surface area contributed by atoms with E-state index >= 15 is 0 Å². The van der Waals surface area contributed by atoms with Crippen LogP contribution < -0.4 is 5.32 Å². The highest BCUT2D eigenvalue weighted by Gasteiger charge is 2.46. The van der Waals surface area contributed by atoms with Crippen LogP contribution in [0.1, 0.15) is 36.0 Å². The molecule has 1 fully saturated rings. The van der Waals surface area contributed by atoms with Gasteiger partial charge in [0, 0.05) is 31.9 Å². The maximum Gasteiger partial charge on any atom is 0.241 e. The maximum absolute atomic E-state index is 13.1. The molecule has 124 valence electrons. The van der Waals surface area contributed by atoms with Crippen molar-refractivity contribution in [3.8, 4) is 0 Å². The first-order chi connectivity index (χ1) is 11.8. The minimum absolute atomic E-state index is 0.183. The summed E-state index contributed by atoms with van der Waals surface area (Å²) in [4.78, 5) is 19.7. The standard InChI is InChI=1S/C20H23N3O/c24-19-20(12-17-7-1-2-8-18(17)14-22-19)9-3-4-11-23(20)15-16-6-5-10-21-13-16/h1-2,5-8,10,13H,3-4,9,11-12,14-15H2,(H,22,24). The first-order valence-electron chi connectivity index (χ1n) is 8.77. The quantitative estimate of drug-likeness (QED) is 0.925. The summed E-state index contributed by atoms with van der Waals surface area (Å²) in [5.41, 5.74) is 3.29. The SMILES string of the molecule is O=C1NCc2ccccc2CC12CCCCN2Cc1cccnc1. The van der Waals surface area contributed by atoms with E-state index in [1.54, 1.807) is 6.20 Å². The number of hydrogen-bond acceptors (Lipinski definition) is 3. The van der Waals surface area contributed by atoms with Gasteiger partial charge in [-0.2, -0.15) is 0 Å². The van der Waals surface area contributed by atoms with Crippen molar-refractivity contribution in [1.29, 1.82) is 0 Å². The van der Waals surface area contributed by atoms with Crippen LogP contribution in [0.25, 0.3) is 0 Å². The topological polar surface area (TPSA) is 45.2 Å². The summed E-state index contributed by atoms with van der Waals surface area (Å²) in [6.07, 6.45) is 7.69. The Hall–Kier alpha value is -2.20. The number of nitrogens with one attached hydrogen (secondary N) is 1. The van der Waals surface area contributed by atoms with E-state index < -0.39 is 5.54 Å². The van der Waals surface area contributed by atoms with Gasteiger partial charge in [0.15, 0.2) is 0 Å². The predicted molar refractivity (Wildman–Crippen MR) is 93.2 cm³/mol. The van der Waals surface area contributed by atoms with Gasteiger partial charge in [-0.1, -0.05) is 30.3 Å². The molecule has 1 N–H and O–H groups in total. The molecule has 4 rings (SSSR count). The average Bonchev–Trinajstić information content (AvgIpc) is 2.76. The lowest BCUT2D eigenvalue weighted by Crippen LogP contribution is -2.60. The molecule has 1 saturated heterocycles. The van der Waals surface area contributed by atoms with Crippen molar-refractivity contribution in [1.82, 2.24) is 15.2 Å². The number of benzene rings is 1. The third-order valence-electron chi connectivity index (χ3n) is 5.43. The van der Waals surface area contributed by atoms with Crippen molar-refractivity contribution < 1.29 is 4.79 Å². The monoisotopic (exact) mass is 321 g/mol. The van der Waals surface area contributed by atoms with Gasteiger partial charge in [-0.25, -0.2) is 0 Å². The van der Waals surface area contributed by atoms with Gasteiger partial charge in [-0.3, -0.25) is 14.7 Å². The molecule has 0 saturated carbocycles. The van der Waals surface area contributed by atoms with Crippen LogP contribution in [0.4, 0.5) is 0 Å². The van der Waals surface area contributed by atoms with E-state index in [0.717, 1.165) is 38.8 Å². The summed E-state index contributed by atoms with van der Waals surface area (Å²) in [6.45, 7) is 2.38. The molecule has 3 heterocycles. The fourth-order valence-electron chi connectivity index (χ4n) is 4.13. The van der Waals surface area contributed by atoms with Crippen LogP contribution in [0, 0.1) is 0 Å². The van der Waals surface area contributed by atoms with Crippen molar-refractivity contribution in [3.63, 3.8) is 0 Å². The summed E-state index contributed by atoms with van der Waals surface area (Å²) in [5.74, 6) is 0.183. The number of piperidine rings is 1. The van der Waals surface area contributed by atoms with Gasteiger partial charge in [0.1, 0.15) is 5.54 Å².